The largest absolute Gasteiger partial charge is 0.492 e. The maximum atomic E-state index is 13.3. The first-order valence-corrected chi connectivity index (χ1v) is 12.0. The van der Waals surface area contributed by atoms with Crippen molar-refractivity contribution in [2.75, 3.05) is 19.7 Å². The monoisotopic (exact) mass is 468 g/mol. The van der Waals surface area contributed by atoms with E-state index in [2.05, 4.69) is 5.32 Å². The van der Waals surface area contributed by atoms with Gasteiger partial charge in [0.05, 0.1) is 18.6 Å². The van der Waals surface area contributed by atoms with Gasteiger partial charge in [-0.05, 0) is 62.6 Å². The normalized spacial score (nSPS) is 18.4. The van der Waals surface area contributed by atoms with Gasteiger partial charge in [0, 0.05) is 18.1 Å². The number of nitrogens with one attached hydrogen (secondary N) is 1. The van der Waals surface area contributed by atoms with Crippen LogP contribution in [0.2, 0.25) is 5.02 Å². The molecule has 1 heterocycles. The SMILES string of the molecule is CCOc1ccc(Cl)cc1S(=O)(=O)N1CCC[C@@H](C(=O)N[C@H](C)c2ccc(F)cc2)C1. The van der Waals surface area contributed by atoms with Crippen LogP contribution in [0, 0.1) is 11.7 Å². The molecule has 31 heavy (non-hydrogen) atoms. The Kier molecular flexibility index (Phi) is 7.56. The van der Waals surface area contributed by atoms with Crippen molar-refractivity contribution in [1.29, 1.82) is 0 Å². The lowest BCUT2D eigenvalue weighted by Crippen LogP contribution is -2.45. The van der Waals surface area contributed by atoms with Gasteiger partial charge in [-0.15, -0.1) is 0 Å². The Morgan fingerprint density at radius 1 is 1.29 bits per heavy atom. The minimum absolute atomic E-state index is 0.00240. The van der Waals surface area contributed by atoms with Gasteiger partial charge >= 0.3 is 0 Å². The van der Waals surface area contributed by atoms with Crippen LogP contribution in [0.25, 0.3) is 0 Å². The molecular weight excluding hydrogens is 443 g/mol. The third kappa shape index (κ3) is 5.56. The van der Waals surface area contributed by atoms with E-state index in [1.165, 1.54) is 28.6 Å². The van der Waals surface area contributed by atoms with Crippen LogP contribution in [0.3, 0.4) is 0 Å². The number of ether oxygens (including phenoxy) is 1. The number of carbonyl (C=O) groups excluding carboxylic acids is 1. The topological polar surface area (TPSA) is 75.7 Å². The summed E-state index contributed by atoms with van der Waals surface area (Å²) in [6.45, 7) is 4.29. The minimum Gasteiger partial charge on any atom is -0.492 e. The molecule has 0 bridgehead atoms. The third-order valence-corrected chi connectivity index (χ3v) is 7.43. The Morgan fingerprint density at radius 3 is 2.68 bits per heavy atom. The molecule has 168 valence electrons. The van der Waals surface area contributed by atoms with Gasteiger partial charge in [-0.3, -0.25) is 4.79 Å². The summed E-state index contributed by atoms with van der Waals surface area (Å²) in [6.07, 6.45) is 1.15. The fourth-order valence-corrected chi connectivity index (χ4v) is 5.56. The Morgan fingerprint density at radius 2 is 2.00 bits per heavy atom. The van der Waals surface area contributed by atoms with Gasteiger partial charge in [-0.1, -0.05) is 23.7 Å². The fraction of sp³-hybridized carbons (Fsp3) is 0.409. The maximum absolute atomic E-state index is 13.3. The van der Waals surface area contributed by atoms with Crippen LogP contribution < -0.4 is 10.1 Å². The summed E-state index contributed by atoms with van der Waals surface area (Å²) in [5, 5.41) is 3.20. The van der Waals surface area contributed by atoms with E-state index in [4.69, 9.17) is 16.3 Å². The highest BCUT2D eigenvalue weighted by Crippen LogP contribution is 2.32. The number of rotatable bonds is 7. The molecule has 1 aliphatic heterocycles. The quantitative estimate of drug-likeness (QED) is 0.662. The molecule has 0 unspecified atom stereocenters. The van der Waals surface area contributed by atoms with Gasteiger partial charge < -0.3 is 10.1 Å². The van der Waals surface area contributed by atoms with Gasteiger partial charge in [0.15, 0.2) is 0 Å². The molecule has 6 nitrogen and oxygen atoms in total. The molecule has 1 amide bonds. The summed E-state index contributed by atoms with van der Waals surface area (Å²) < 4.78 is 46.5. The zero-order valence-corrected chi connectivity index (χ0v) is 19.0. The molecule has 9 heteroatoms. The van der Waals surface area contributed by atoms with E-state index in [9.17, 15) is 17.6 Å². The lowest BCUT2D eigenvalue weighted by molar-refractivity contribution is -0.126. The minimum atomic E-state index is -3.89. The first kappa shape index (κ1) is 23.5. The number of hydrogen-bond acceptors (Lipinski definition) is 4. The molecule has 2 aromatic carbocycles. The molecule has 0 saturated carbocycles. The first-order valence-electron chi connectivity index (χ1n) is 10.2. The lowest BCUT2D eigenvalue weighted by atomic mass is 9.98. The maximum Gasteiger partial charge on any atom is 0.246 e. The van der Waals surface area contributed by atoms with Gasteiger partial charge in [0.2, 0.25) is 15.9 Å². The van der Waals surface area contributed by atoms with Crippen molar-refractivity contribution in [3.8, 4) is 5.75 Å². The van der Waals surface area contributed by atoms with Crippen LogP contribution in [0.4, 0.5) is 4.39 Å². The molecule has 2 aromatic rings. The van der Waals surface area contributed by atoms with Crippen LogP contribution in [0.15, 0.2) is 47.4 Å². The molecule has 2 atom stereocenters. The molecule has 1 N–H and O–H groups in total. The highest BCUT2D eigenvalue weighted by Gasteiger charge is 2.35. The lowest BCUT2D eigenvalue weighted by Gasteiger charge is -2.32. The molecule has 1 saturated heterocycles. The van der Waals surface area contributed by atoms with Crippen molar-refractivity contribution in [1.82, 2.24) is 9.62 Å². The predicted molar refractivity (Wildman–Crippen MR) is 117 cm³/mol. The summed E-state index contributed by atoms with van der Waals surface area (Å²) in [6, 6.07) is 10.1. The number of benzene rings is 2. The van der Waals surface area contributed by atoms with Crippen LogP contribution >= 0.6 is 11.6 Å². The average Bonchev–Trinajstić information content (AvgIpc) is 2.75. The van der Waals surface area contributed by atoms with Crippen LogP contribution in [-0.4, -0.2) is 38.3 Å². The van der Waals surface area contributed by atoms with Crippen molar-refractivity contribution in [2.45, 2.75) is 37.6 Å². The van der Waals surface area contributed by atoms with E-state index < -0.39 is 15.9 Å². The van der Waals surface area contributed by atoms with Crippen molar-refractivity contribution < 1.29 is 22.3 Å². The number of sulfonamides is 1. The summed E-state index contributed by atoms with van der Waals surface area (Å²) in [5.74, 6) is -0.819. The van der Waals surface area contributed by atoms with E-state index in [1.54, 1.807) is 25.1 Å². The second kappa shape index (κ2) is 9.97. The number of amides is 1. The van der Waals surface area contributed by atoms with Gasteiger partial charge in [-0.25, -0.2) is 12.8 Å². The molecule has 3 rings (SSSR count). The number of halogens is 2. The standard InChI is InChI=1S/C22H26ClFN2O4S/c1-3-30-20-11-8-18(23)13-21(20)31(28,29)26-12-4-5-17(14-26)22(27)25-15(2)16-6-9-19(24)10-7-16/h6-11,13,15,17H,3-5,12,14H2,1-2H3,(H,25,27)/t15-,17-/m1/s1. The molecule has 0 radical (unpaired) electrons. The van der Waals surface area contributed by atoms with E-state index >= 15 is 0 Å². The fourth-order valence-electron chi connectivity index (χ4n) is 3.64. The summed E-state index contributed by atoms with van der Waals surface area (Å²) in [7, 11) is -3.89. The van der Waals surface area contributed by atoms with E-state index in [0.29, 0.717) is 31.0 Å². The Balaban J connectivity index is 1.74. The van der Waals surface area contributed by atoms with Gasteiger partial charge in [-0.2, -0.15) is 4.31 Å². The molecule has 0 aromatic heterocycles. The van der Waals surface area contributed by atoms with Gasteiger partial charge in [0.1, 0.15) is 16.5 Å². The molecule has 0 spiro atoms. The van der Waals surface area contributed by atoms with Crippen molar-refractivity contribution in [3.05, 3.63) is 58.9 Å². The van der Waals surface area contributed by atoms with E-state index in [-0.39, 0.29) is 35.0 Å². The molecule has 1 aliphatic rings. The number of hydrogen-bond donors (Lipinski definition) is 1. The van der Waals surface area contributed by atoms with E-state index in [1.807, 2.05) is 6.92 Å². The summed E-state index contributed by atoms with van der Waals surface area (Å²) in [5.41, 5.74) is 0.773. The van der Waals surface area contributed by atoms with E-state index in [0.717, 1.165) is 5.56 Å². The first-order chi connectivity index (χ1) is 14.7. The predicted octanol–water partition coefficient (Wildman–Crippen LogP) is 4.16. The third-order valence-electron chi connectivity index (χ3n) is 5.31. The Bertz CT molecular complexity index is 1030. The second-order valence-corrected chi connectivity index (χ2v) is 9.85. The van der Waals surface area contributed by atoms with Crippen molar-refractivity contribution in [3.63, 3.8) is 0 Å². The highest BCUT2D eigenvalue weighted by molar-refractivity contribution is 7.89. The zero-order chi connectivity index (χ0) is 22.6. The number of nitrogens with zero attached hydrogens (tertiary/aromatic N) is 1. The second-order valence-electron chi connectivity index (χ2n) is 7.51. The highest BCUT2D eigenvalue weighted by atomic mass is 35.5. The number of piperidine rings is 1. The van der Waals surface area contributed by atoms with Crippen LogP contribution in [0.5, 0.6) is 5.75 Å². The number of carbonyl (C=O) groups is 1. The van der Waals surface area contributed by atoms with Crippen molar-refractivity contribution in [2.24, 2.45) is 5.92 Å². The van der Waals surface area contributed by atoms with Crippen LogP contribution in [0.1, 0.15) is 38.3 Å². The molecular formula is C22H26ClFN2O4S. The molecule has 1 fully saturated rings. The zero-order valence-electron chi connectivity index (χ0n) is 17.5. The molecule has 0 aliphatic carbocycles. The smallest absolute Gasteiger partial charge is 0.246 e. The summed E-state index contributed by atoms with van der Waals surface area (Å²) >= 11 is 6.04. The summed E-state index contributed by atoms with van der Waals surface area (Å²) in [4.78, 5) is 12.8. The van der Waals surface area contributed by atoms with Crippen LogP contribution in [-0.2, 0) is 14.8 Å². The average molecular weight is 469 g/mol. The van der Waals surface area contributed by atoms with Crippen molar-refractivity contribution >= 4 is 27.5 Å². The Labute approximate surface area is 187 Å². The Hall–Kier alpha value is -2.16. The van der Waals surface area contributed by atoms with Gasteiger partial charge in [0.25, 0.3) is 0 Å².